The monoisotopic (exact) mass is 283 g/mol. The Morgan fingerprint density at radius 1 is 1.22 bits per heavy atom. The topological polar surface area (TPSA) is 12.0 Å². The van der Waals surface area contributed by atoms with Gasteiger partial charge in [-0.3, -0.25) is 0 Å². The molecule has 1 unspecified atom stereocenters. The minimum atomic E-state index is -0.213. The van der Waals surface area contributed by atoms with Crippen molar-refractivity contribution in [2.45, 2.75) is 19.9 Å². The van der Waals surface area contributed by atoms with Crippen LogP contribution in [0.25, 0.3) is 0 Å². The highest BCUT2D eigenvalue weighted by atomic mass is 35.5. The summed E-state index contributed by atoms with van der Waals surface area (Å²) in [5, 5.41) is 3.23. The van der Waals surface area contributed by atoms with E-state index in [2.05, 4.69) is 11.4 Å². The van der Waals surface area contributed by atoms with Crippen molar-refractivity contribution in [3.8, 4) is 0 Å². The van der Waals surface area contributed by atoms with Crippen molar-refractivity contribution < 1.29 is 4.39 Å². The molecule has 1 N–H and O–H groups in total. The van der Waals surface area contributed by atoms with Crippen LogP contribution >= 0.6 is 22.9 Å². The average Bonchev–Trinajstić information content (AvgIpc) is 2.65. The van der Waals surface area contributed by atoms with E-state index in [1.807, 2.05) is 20.9 Å². The van der Waals surface area contributed by atoms with Crippen LogP contribution in [0.5, 0.6) is 0 Å². The van der Waals surface area contributed by atoms with Crippen LogP contribution in [0, 0.1) is 19.7 Å². The van der Waals surface area contributed by atoms with Gasteiger partial charge in [-0.15, -0.1) is 11.3 Å². The Balaban J connectivity index is 2.48. The van der Waals surface area contributed by atoms with Crippen molar-refractivity contribution in [1.29, 1.82) is 0 Å². The lowest BCUT2D eigenvalue weighted by atomic mass is 9.99. The summed E-state index contributed by atoms with van der Waals surface area (Å²) in [7, 11) is 1.87. The van der Waals surface area contributed by atoms with Crippen molar-refractivity contribution in [1.82, 2.24) is 5.32 Å². The fourth-order valence-corrected chi connectivity index (χ4v) is 3.35. The van der Waals surface area contributed by atoms with Gasteiger partial charge in [0.1, 0.15) is 5.82 Å². The molecular weight excluding hydrogens is 269 g/mol. The molecule has 0 bridgehead atoms. The summed E-state index contributed by atoms with van der Waals surface area (Å²) < 4.78 is 14.2. The summed E-state index contributed by atoms with van der Waals surface area (Å²) in [6.45, 7) is 3.97. The number of aryl methyl sites for hydroxylation is 2. The average molecular weight is 284 g/mol. The van der Waals surface area contributed by atoms with E-state index in [1.54, 1.807) is 12.1 Å². The summed E-state index contributed by atoms with van der Waals surface area (Å²) in [5.74, 6) is -0.213. The third kappa shape index (κ3) is 2.58. The van der Waals surface area contributed by atoms with Gasteiger partial charge in [-0.25, -0.2) is 4.39 Å². The van der Waals surface area contributed by atoms with Gasteiger partial charge in [-0.2, -0.15) is 0 Å². The van der Waals surface area contributed by atoms with Crippen molar-refractivity contribution >= 4 is 22.9 Å². The van der Waals surface area contributed by atoms with E-state index in [0.717, 1.165) is 25.9 Å². The molecule has 0 aliphatic rings. The van der Waals surface area contributed by atoms with Gasteiger partial charge >= 0.3 is 0 Å². The van der Waals surface area contributed by atoms with Gasteiger partial charge in [0.2, 0.25) is 0 Å². The summed E-state index contributed by atoms with van der Waals surface area (Å²) in [6.07, 6.45) is 0. The minimum absolute atomic E-state index is 0.0168. The number of halogens is 2. The van der Waals surface area contributed by atoms with Gasteiger partial charge in [-0.05, 0) is 55.8 Å². The van der Waals surface area contributed by atoms with E-state index < -0.39 is 0 Å². The van der Waals surface area contributed by atoms with E-state index in [4.69, 9.17) is 11.6 Å². The van der Waals surface area contributed by atoms with Crippen molar-refractivity contribution in [2.75, 3.05) is 7.05 Å². The Kier molecular flexibility index (Phi) is 4.05. The molecule has 18 heavy (non-hydrogen) atoms. The van der Waals surface area contributed by atoms with Gasteiger partial charge in [0.25, 0.3) is 0 Å². The third-order valence-electron chi connectivity index (χ3n) is 3.00. The summed E-state index contributed by atoms with van der Waals surface area (Å²) in [5.41, 5.74) is 3.08. The number of hydrogen-bond donors (Lipinski definition) is 1. The SMILES string of the molecule is CNC(c1cc(C)c(Cl)s1)c1cc(F)ccc1C. The molecule has 0 saturated carbocycles. The van der Waals surface area contributed by atoms with Gasteiger partial charge in [-0.1, -0.05) is 17.7 Å². The molecule has 2 rings (SSSR count). The summed E-state index contributed by atoms with van der Waals surface area (Å²) in [4.78, 5) is 1.11. The molecular formula is C14H15ClFNS. The molecule has 96 valence electrons. The van der Waals surface area contributed by atoms with Crippen LogP contribution < -0.4 is 5.32 Å². The maximum atomic E-state index is 13.4. The zero-order valence-corrected chi connectivity index (χ0v) is 12.1. The maximum absolute atomic E-state index is 13.4. The standard InChI is InChI=1S/C14H15ClFNS/c1-8-4-5-10(16)7-11(8)13(17-3)12-6-9(2)14(15)18-12/h4-7,13,17H,1-3H3. The van der Waals surface area contributed by atoms with Crippen LogP contribution in [0.3, 0.4) is 0 Å². The molecule has 1 aromatic heterocycles. The second-order valence-electron chi connectivity index (χ2n) is 4.33. The molecule has 1 atom stereocenters. The first-order valence-corrected chi connectivity index (χ1v) is 6.91. The molecule has 0 fully saturated rings. The van der Waals surface area contributed by atoms with Crippen molar-refractivity contribution in [2.24, 2.45) is 0 Å². The minimum Gasteiger partial charge on any atom is -0.309 e. The van der Waals surface area contributed by atoms with Crippen LogP contribution in [0.1, 0.15) is 27.6 Å². The van der Waals surface area contributed by atoms with Crippen molar-refractivity contribution in [3.63, 3.8) is 0 Å². The van der Waals surface area contributed by atoms with E-state index in [9.17, 15) is 4.39 Å². The molecule has 0 aliphatic heterocycles. The predicted octanol–water partition coefficient (Wildman–Crippen LogP) is 4.47. The van der Waals surface area contributed by atoms with Crippen molar-refractivity contribution in [3.05, 3.63) is 56.0 Å². The molecule has 0 spiro atoms. The lowest BCUT2D eigenvalue weighted by Crippen LogP contribution is -2.17. The summed E-state index contributed by atoms with van der Waals surface area (Å²) >= 11 is 7.64. The molecule has 4 heteroatoms. The third-order valence-corrected chi connectivity index (χ3v) is 4.62. The van der Waals surface area contributed by atoms with E-state index in [1.165, 1.54) is 17.4 Å². The number of rotatable bonds is 3. The smallest absolute Gasteiger partial charge is 0.123 e. The highest BCUT2D eigenvalue weighted by Gasteiger charge is 2.18. The Morgan fingerprint density at radius 3 is 2.50 bits per heavy atom. The van der Waals surface area contributed by atoms with Crippen LogP contribution in [-0.2, 0) is 0 Å². The van der Waals surface area contributed by atoms with E-state index in [-0.39, 0.29) is 11.9 Å². The quantitative estimate of drug-likeness (QED) is 0.876. The molecule has 1 nitrogen and oxygen atoms in total. The number of thiophene rings is 1. The maximum Gasteiger partial charge on any atom is 0.123 e. The summed E-state index contributed by atoms with van der Waals surface area (Å²) in [6, 6.07) is 6.91. The lowest BCUT2D eigenvalue weighted by molar-refractivity contribution is 0.616. The first-order chi connectivity index (χ1) is 8.52. The Morgan fingerprint density at radius 2 is 1.94 bits per heavy atom. The molecule has 1 aromatic carbocycles. The van der Waals surface area contributed by atoms with E-state index >= 15 is 0 Å². The van der Waals surface area contributed by atoms with Gasteiger partial charge < -0.3 is 5.32 Å². The van der Waals surface area contributed by atoms with Crippen LogP contribution in [0.2, 0.25) is 4.34 Å². The Labute approximate surface area is 116 Å². The fraction of sp³-hybridized carbons (Fsp3) is 0.286. The molecule has 1 heterocycles. The van der Waals surface area contributed by atoms with Gasteiger partial charge in [0.15, 0.2) is 0 Å². The van der Waals surface area contributed by atoms with Crippen LogP contribution in [-0.4, -0.2) is 7.05 Å². The zero-order valence-electron chi connectivity index (χ0n) is 10.6. The first kappa shape index (κ1) is 13.5. The zero-order chi connectivity index (χ0) is 13.3. The molecule has 2 aromatic rings. The number of benzene rings is 1. The highest BCUT2D eigenvalue weighted by Crippen LogP contribution is 2.35. The molecule has 0 amide bonds. The largest absolute Gasteiger partial charge is 0.309 e. The Hall–Kier alpha value is -0.900. The normalized spacial score (nSPS) is 12.7. The molecule has 0 radical (unpaired) electrons. The molecule has 0 saturated heterocycles. The van der Waals surface area contributed by atoms with E-state index in [0.29, 0.717) is 0 Å². The Bertz CT molecular complexity index is 545. The lowest BCUT2D eigenvalue weighted by Gasteiger charge is -2.17. The number of hydrogen-bond acceptors (Lipinski definition) is 2. The van der Waals surface area contributed by atoms with Crippen LogP contribution in [0.4, 0.5) is 4.39 Å². The highest BCUT2D eigenvalue weighted by molar-refractivity contribution is 7.16. The molecule has 0 aliphatic carbocycles. The van der Waals surface area contributed by atoms with Gasteiger partial charge in [0, 0.05) is 4.88 Å². The first-order valence-electron chi connectivity index (χ1n) is 5.72. The number of nitrogens with one attached hydrogen (secondary N) is 1. The second-order valence-corrected chi connectivity index (χ2v) is 6.01. The van der Waals surface area contributed by atoms with Crippen LogP contribution in [0.15, 0.2) is 24.3 Å². The fourth-order valence-electron chi connectivity index (χ4n) is 2.00. The second kappa shape index (κ2) is 5.39. The predicted molar refractivity (Wildman–Crippen MR) is 76.1 cm³/mol. The van der Waals surface area contributed by atoms with Gasteiger partial charge in [0.05, 0.1) is 10.4 Å².